The first kappa shape index (κ1) is 12.3. The summed E-state index contributed by atoms with van der Waals surface area (Å²) in [7, 11) is 0. The molecule has 0 radical (unpaired) electrons. The second-order valence-electron chi connectivity index (χ2n) is 6.36. The Kier molecular flexibility index (Phi) is 2.19. The third kappa shape index (κ3) is 1.27. The van der Waals surface area contributed by atoms with Crippen LogP contribution >= 0.6 is 0 Å². The quantitative estimate of drug-likeness (QED) is 0.762. The molecule has 0 aromatic heterocycles. The summed E-state index contributed by atoms with van der Waals surface area (Å²) in [6.45, 7) is 0. The molecule has 0 aromatic carbocycles. The lowest BCUT2D eigenvalue weighted by atomic mass is 9.43. The van der Waals surface area contributed by atoms with Gasteiger partial charge >= 0.3 is 12.1 Å². The molecular formula is C12H16F3NO2. The first-order valence-electron chi connectivity index (χ1n) is 6.28. The van der Waals surface area contributed by atoms with Gasteiger partial charge in [-0.15, -0.1) is 0 Å². The minimum absolute atomic E-state index is 0.000139. The molecule has 0 heterocycles. The summed E-state index contributed by atoms with van der Waals surface area (Å²) < 4.78 is 39.8. The van der Waals surface area contributed by atoms with Gasteiger partial charge in [-0.3, -0.25) is 4.79 Å². The van der Waals surface area contributed by atoms with Gasteiger partial charge in [-0.1, -0.05) is 0 Å². The number of carbonyl (C=O) groups is 1. The normalized spacial score (nSPS) is 50.6. The van der Waals surface area contributed by atoms with E-state index in [-0.39, 0.29) is 25.2 Å². The Morgan fingerprint density at radius 2 is 1.67 bits per heavy atom. The SMILES string of the molecule is NC1(C(=O)O)[C@@H]2CC3C[C@H]1CC(C(F)(F)F)(C3)C2. The highest BCUT2D eigenvalue weighted by molar-refractivity contribution is 5.80. The van der Waals surface area contributed by atoms with E-state index in [0.29, 0.717) is 12.8 Å². The zero-order valence-corrected chi connectivity index (χ0v) is 9.83. The highest BCUT2D eigenvalue weighted by atomic mass is 19.4. The van der Waals surface area contributed by atoms with Gasteiger partial charge in [-0.25, -0.2) is 0 Å². The van der Waals surface area contributed by atoms with Gasteiger partial charge in [0.2, 0.25) is 0 Å². The second kappa shape index (κ2) is 3.21. The summed E-state index contributed by atoms with van der Waals surface area (Å²) in [5.74, 6) is -2.18. The van der Waals surface area contributed by atoms with Gasteiger partial charge in [0.15, 0.2) is 0 Å². The highest BCUT2D eigenvalue weighted by Gasteiger charge is 2.70. The van der Waals surface area contributed by atoms with Crippen LogP contribution in [-0.2, 0) is 4.79 Å². The summed E-state index contributed by atoms with van der Waals surface area (Å²) in [6, 6.07) is 0. The van der Waals surface area contributed by atoms with Gasteiger partial charge < -0.3 is 10.8 Å². The van der Waals surface area contributed by atoms with Crippen LogP contribution in [0.1, 0.15) is 32.1 Å². The van der Waals surface area contributed by atoms with Crippen LogP contribution in [0, 0.1) is 23.2 Å². The summed E-state index contributed by atoms with van der Waals surface area (Å²) >= 11 is 0. The number of rotatable bonds is 1. The Balaban J connectivity index is 2.01. The molecule has 18 heavy (non-hydrogen) atoms. The van der Waals surface area contributed by atoms with Crippen molar-refractivity contribution in [2.45, 2.75) is 43.8 Å². The smallest absolute Gasteiger partial charge is 0.394 e. The van der Waals surface area contributed by atoms with Gasteiger partial charge in [0.05, 0.1) is 5.41 Å². The Morgan fingerprint density at radius 3 is 2.06 bits per heavy atom. The predicted octanol–water partition coefficient (Wildman–Crippen LogP) is 2.16. The van der Waals surface area contributed by atoms with Crippen molar-refractivity contribution in [1.29, 1.82) is 0 Å². The van der Waals surface area contributed by atoms with E-state index < -0.39 is 34.9 Å². The van der Waals surface area contributed by atoms with E-state index >= 15 is 0 Å². The fraction of sp³-hybridized carbons (Fsp3) is 0.917. The van der Waals surface area contributed by atoms with E-state index in [1.54, 1.807) is 0 Å². The number of nitrogens with two attached hydrogens (primary N) is 1. The molecule has 3 nitrogen and oxygen atoms in total. The lowest BCUT2D eigenvalue weighted by molar-refractivity contribution is -0.283. The minimum Gasteiger partial charge on any atom is -0.480 e. The van der Waals surface area contributed by atoms with Crippen molar-refractivity contribution in [2.24, 2.45) is 28.9 Å². The number of carboxylic acids is 1. The van der Waals surface area contributed by atoms with Crippen LogP contribution in [0.2, 0.25) is 0 Å². The Bertz CT molecular complexity index is 391. The molecule has 6 heteroatoms. The van der Waals surface area contributed by atoms with Crippen molar-refractivity contribution in [3.63, 3.8) is 0 Å². The Labute approximate surface area is 103 Å². The maximum Gasteiger partial charge on any atom is 0.394 e. The van der Waals surface area contributed by atoms with Gasteiger partial charge in [0, 0.05) is 0 Å². The van der Waals surface area contributed by atoms with E-state index in [2.05, 4.69) is 0 Å². The van der Waals surface area contributed by atoms with Crippen molar-refractivity contribution in [3.8, 4) is 0 Å². The zero-order chi connectivity index (χ0) is 13.3. The molecule has 3 N–H and O–H groups in total. The standard InChI is InChI=1S/C12H16F3NO2/c13-12(14,15)10-3-6-1-7(4-10)11(16,9(17)18)8(2-6)5-10/h6-8H,1-5,16H2,(H,17,18)/t6?,7-,8+,10?,11?. The number of alkyl halides is 3. The number of hydrogen-bond donors (Lipinski definition) is 2. The first-order chi connectivity index (χ1) is 8.19. The average Bonchev–Trinajstić information content (AvgIpc) is 2.22. The number of halogens is 3. The fourth-order valence-electron chi connectivity index (χ4n) is 4.74. The fourth-order valence-corrected chi connectivity index (χ4v) is 4.74. The third-order valence-electron chi connectivity index (χ3n) is 5.51. The van der Waals surface area contributed by atoms with Crippen LogP contribution in [0.25, 0.3) is 0 Å². The molecule has 4 fully saturated rings. The van der Waals surface area contributed by atoms with Crippen molar-refractivity contribution in [3.05, 3.63) is 0 Å². The largest absolute Gasteiger partial charge is 0.480 e. The van der Waals surface area contributed by atoms with Crippen LogP contribution in [-0.4, -0.2) is 22.8 Å². The topological polar surface area (TPSA) is 63.3 Å². The van der Waals surface area contributed by atoms with E-state index in [1.807, 2.05) is 0 Å². The molecule has 4 aliphatic rings. The third-order valence-corrected chi connectivity index (χ3v) is 5.51. The van der Waals surface area contributed by atoms with Gasteiger partial charge in [0.1, 0.15) is 5.54 Å². The molecule has 0 saturated heterocycles. The molecular weight excluding hydrogens is 247 g/mol. The summed E-state index contributed by atoms with van der Waals surface area (Å²) in [5.41, 5.74) is 2.87. The van der Waals surface area contributed by atoms with Crippen LogP contribution < -0.4 is 5.73 Å². The number of aliphatic carboxylic acids is 1. The average molecular weight is 263 g/mol. The van der Waals surface area contributed by atoms with Crippen molar-refractivity contribution in [1.82, 2.24) is 0 Å². The van der Waals surface area contributed by atoms with Crippen molar-refractivity contribution in [2.75, 3.05) is 0 Å². The molecule has 0 aromatic rings. The molecule has 3 unspecified atom stereocenters. The first-order valence-corrected chi connectivity index (χ1v) is 6.28. The van der Waals surface area contributed by atoms with Gasteiger partial charge in [-0.05, 0) is 49.9 Å². The van der Waals surface area contributed by atoms with Crippen LogP contribution in [0.15, 0.2) is 0 Å². The molecule has 4 rings (SSSR count). The van der Waals surface area contributed by atoms with Crippen LogP contribution in [0.4, 0.5) is 13.2 Å². The molecule has 0 spiro atoms. The van der Waals surface area contributed by atoms with Gasteiger partial charge in [-0.2, -0.15) is 13.2 Å². The molecule has 0 amide bonds. The van der Waals surface area contributed by atoms with Crippen molar-refractivity contribution >= 4 is 5.97 Å². The summed E-state index contributed by atoms with van der Waals surface area (Å²) in [4.78, 5) is 11.4. The molecule has 102 valence electrons. The van der Waals surface area contributed by atoms with Crippen LogP contribution in [0.3, 0.4) is 0 Å². The maximum atomic E-state index is 13.3. The minimum atomic E-state index is -4.23. The molecule has 4 saturated carbocycles. The molecule has 0 aliphatic heterocycles. The lowest BCUT2D eigenvalue weighted by Gasteiger charge is -2.62. The van der Waals surface area contributed by atoms with Gasteiger partial charge in [0.25, 0.3) is 0 Å². The van der Waals surface area contributed by atoms with E-state index in [1.165, 1.54) is 0 Å². The van der Waals surface area contributed by atoms with E-state index in [4.69, 9.17) is 5.73 Å². The second-order valence-corrected chi connectivity index (χ2v) is 6.36. The highest BCUT2D eigenvalue weighted by Crippen LogP contribution is 2.67. The molecule has 4 bridgehead atoms. The Morgan fingerprint density at radius 1 is 1.17 bits per heavy atom. The van der Waals surface area contributed by atoms with E-state index in [9.17, 15) is 23.1 Å². The number of carboxylic acid groups (broad SMARTS) is 1. The van der Waals surface area contributed by atoms with E-state index in [0.717, 1.165) is 0 Å². The zero-order valence-electron chi connectivity index (χ0n) is 9.83. The lowest BCUT2D eigenvalue weighted by Crippen LogP contribution is -2.71. The predicted molar refractivity (Wildman–Crippen MR) is 56.6 cm³/mol. The summed E-state index contributed by atoms with van der Waals surface area (Å²) in [5, 5.41) is 9.28. The van der Waals surface area contributed by atoms with Crippen LogP contribution in [0.5, 0.6) is 0 Å². The monoisotopic (exact) mass is 263 g/mol. The summed E-state index contributed by atoms with van der Waals surface area (Å²) in [6.07, 6.45) is -3.20. The number of hydrogen-bond acceptors (Lipinski definition) is 2. The Hall–Kier alpha value is -0.780. The molecule has 4 aliphatic carbocycles. The van der Waals surface area contributed by atoms with Crippen molar-refractivity contribution < 1.29 is 23.1 Å². The molecule has 5 atom stereocenters. The maximum absolute atomic E-state index is 13.3.